The largest absolute Gasteiger partial charge is 0.385 e. The van der Waals surface area contributed by atoms with Crippen molar-refractivity contribution in [1.29, 1.82) is 0 Å². The molecule has 0 aliphatic carbocycles. The average Bonchev–Trinajstić information content (AvgIpc) is 2.44. The van der Waals surface area contributed by atoms with E-state index in [1.54, 1.807) is 30.3 Å². The fraction of sp³-hybridized carbons (Fsp3) is 0.133. The zero-order valence-electron chi connectivity index (χ0n) is 11.0. The Labute approximate surface area is 138 Å². The van der Waals surface area contributed by atoms with Crippen molar-refractivity contribution in [3.63, 3.8) is 0 Å². The Morgan fingerprint density at radius 1 is 0.952 bits per heavy atom. The first-order chi connectivity index (χ1) is 10.0. The van der Waals surface area contributed by atoms with Crippen molar-refractivity contribution in [3.8, 4) is 0 Å². The van der Waals surface area contributed by atoms with Gasteiger partial charge < -0.3 is 10.6 Å². The predicted molar refractivity (Wildman–Crippen MR) is 89.7 cm³/mol. The van der Waals surface area contributed by atoms with Gasteiger partial charge in [0.15, 0.2) is 0 Å². The number of nitrogens with one attached hydrogen (secondary N) is 2. The van der Waals surface area contributed by atoms with Gasteiger partial charge in [-0.05, 0) is 42.5 Å². The summed E-state index contributed by atoms with van der Waals surface area (Å²) in [6, 6.07) is 12.2. The van der Waals surface area contributed by atoms with Crippen molar-refractivity contribution in [3.05, 3.63) is 57.5 Å². The van der Waals surface area contributed by atoms with E-state index in [4.69, 9.17) is 34.8 Å². The van der Waals surface area contributed by atoms with Crippen LogP contribution in [0.25, 0.3) is 0 Å². The van der Waals surface area contributed by atoms with E-state index in [-0.39, 0.29) is 5.91 Å². The summed E-state index contributed by atoms with van der Waals surface area (Å²) >= 11 is 17.6. The number of hydrogen-bond donors (Lipinski definition) is 2. The van der Waals surface area contributed by atoms with E-state index >= 15 is 0 Å². The maximum absolute atomic E-state index is 11.8. The summed E-state index contributed by atoms with van der Waals surface area (Å²) in [4.78, 5) is 11.8. The molecule has 0 heterocycles. The molecule has 0 unspecified atom stereocenters. The average molecular weight is 344 g/mol. The Bertz CT molecular complexity index is 629. The molecule has 3 nitrogen and oxygen atoms in total. The summed E-state index contributed by atoms with van der Waals surface area (Å²) in [5.74, 6) is -0.124. The second-order valence-electron chi connectivity index (χ2n) is 4.36. The third kappa shape index (κ3) is 5.12. The van der Waals surface area contributed by atoms with Crippen molar-refractivity contribution >= 4 is 52.1 Å². The van der Waals surface area contributed by atoms with Gasteiger partial charge in [-0.1, -0.05) is 34.8 Å². The summed E-state index contributed by atoms with van der Waals surface area (Å²) in [5, 5.41) is 7.51. The van der Waals surface area contributed by atoms with Crippen LogP contribution >= 0.6 is 34.8 Å². The number of amides is 1. The molecule has 1 amide bonds. The van der Waals surface area contributed by atoms with Gasteiger partial charge in [-0.15, -0.1) is 0 Å². The molecule has 0 aromatic heterocycles. The highest BCUT2D eigenvalue weighted by Gasteiger charge is 2.06. The van der Waals surface area contributed by atoms with E-state index < -0.39 is 0 Å². The zero-order valence-corrected chi connectivity index (χ0v) is 13.3. The lowest BCUT2D eigenvalue weighted by atomic mass is 10.3. The van der Waals surface area contributed by atoms with Crippen molar-refractivity contribution in [1.82, 2.24) is 0 Å². The molecule has 0 bridgehead atoms. The highest BCUT2D eigenvalue weighted by Crippen LogP contribution is 2.25. The van der Waals surface area contributed by atoms with E-state index in [1.807, 2.05) is 12.1 Å². The summed E-state index contributed by atoms with van der Waals surface area (Å²) in [7, 11) is 0. The fourth-order valence-corrected chi connectivity index (χ4v) is 2.27. The van der Waals surface area contributed by atoms with Crippen LogP contribution in [0.3, 0.4) is 0 Å². The second-order valence-corrected chi connectivity index (χ2v) is 5.64. The van der Waals surface area contributed by atoms with Crippen LogP contribution in [0, 0.1) is 0 Å². The molecule has 0 saturated heterocycles. The first-order valence-electron chi connectivity index (χ1n) is 6.29. The summed E-state index contributed by atoms with van der Waals surface area (Å²) < 4.78 is 0. The SMILES string of the molecule is O=C(CCNc1ccc(Cl)cc1)Nc1ccc(Cl)cc1Cl. The molecule has 2 N–H and O–H groups in total. The minimum Gasteiger partial charge on any atom is -0.385 e. The van der Waals surface area contributed by atoms with Gasteiger partial charge >= 0.3 is 0 Å². The first-order valence-corrected chi connectivity index (χ1v) is 7.42. The highest BCUT2D eigenvalue weighted by molar-refractivity contribution is 6.36. The van der Waals surface area contributed by atoms with Gasteiger partial charge in [0, 0.05) is 28.7 Å². The van der Waals surface area contributed by atoms with Crippen LogP contribution in [-0.2, 0) is 4.79 Å². The minimum absolute atomic E-state index is 0.124. The first kappa shape index (κ1) is 16.0. The maximum atomic E-state index is 11.8. The Morgan fingerprint density at radius 2 is 1.62 bits per heavy atom. The predicted octanol–water partition coefficient (Wildman–Crippen LogP) is 5.09. The second kappa shape index (κ2) is 7.55. The van der Waals surface area contributed by atoms with Crippen molar-refractivity contribution in [2.24, 2.45) is 0 Å². The van der Waals surface area contributed by atoms with Gasteiger partial charge in [0.2, 0.25) is 5.91 Å². The van der Waals surface area contributed by atoms with Crippen LogP contribution in [0.1, 0.15) is 6.42 Å². The Kier molecular flexibility index (Phi) is 5.74. The number of anilines is 2. The van der Waals surface area contributed by atoms with E-state index in [0.29, 0.717) is 33.7 Å². The Morgan fingerprint density at radius 3 is 2.29 bits per heavy atom. The summed E-state index contributed by atoms with van der Waals surface area (Å²) in [6.45, 7) is 0.513. The number of rotatable bonds is 5. The van der Waals surface area contributed by atoms with Gasteiger partial charge in [-0.2, -0.15) is 0 Å². The molecular formula is C15H13Cl3N2O. The minimum atomic E-state index is -0.124. The lowest BCUT2D eigenvalue weighted by Gasteiger charge is -2.09. The quantitative estimate of drug-likeness (QED) is 0.794. The van der Waals surface area contributed by atoms with Gasteiger partial charge in [-0.3, -0.25) is 4.79 Å². The van der Waals surface area contributed by atoms with E-state index in [0.717, 1.165) is 5.69 Å². The van der Waals surface area contributed by atoms with Crippen LogP contribution in [-0.4, -0.2) is 12.5 Å². The van der Waals surface area contributed by atoms with Gasteiger partial charge in [-0.25, -0.2) is 0 Å². The van der Waals surface area contributed by atoms with Crippen molar-refractivity contribution in [2.75, 3.05) is 17.2 Å². The zero-order chi connectivity index (χ0) is 15.2. The van der Waals surface area contributed by atoms with E-state index in [9.17, 15) is 4.79 Å². The molecule has 6 heteroatoms. The molecular weight excluding hydrogens is 331 g/mol. The number of halogens is 3. The topological polar surface area (TPSA) is 41.1 Å². The Hall–Kier alpha value is -1.42. The van der Waals surface area contributed by atoms with Crippen LogP contribution in [0.15, 0.2) is 42.5 Å². The standard InChI is InChI=1S/C15H13Cl3N2O/c16-10-1-4-12(5-2-10)19-8-7-15(21)20-14-6-3-11(17)9-13(14)18/h1-6,9,19H,7-8H2,(H,20,21). The maximum Gasteiger partial charge on any atom is 0.226 e. The lowest BCUT2D eigenvalue weighted by molar-refractivity contribution is -0.115. The normalized spacial score (nSPS) is 10.2. The molecule has 2 aromatic rings. The molecule has 0 fully saturated rings. The number of benzene rings is 2. The third-order valence-corrected chi connectivity index (χ3v) is 3.53. The fourth-order valence-electron chi connectivity index (χ4n) is 1.69. The molecule has 21 heavy (non-hydrogen) atoms. The molecule has 0 aliphatic heterocycles. The highest BCUT2D eigenvalue weighted by atomic mass is 35.5. The third-order valence-electron chi connectivity index (χ3n) is 2.73. The lowest BCUT2D eigenvalue weighted by Crippen LogP contribution is -2.16. The molecule has 2 rings (SSSR count). The molecule has 2 aromatic carbocycles. The molecule has 0 spiro atoms. The van der Waals surface area contributed by atoms with Crippen molar-refractivity contribution < 1.29 is 4.79 Å². The van der Waals surface area contributed by atoms with Crippen LogP contribution in [0.5, 0.6) is 0 Å². The van der Waals surface area contributed by atoms with Crippen LogP contribution < -0.4 is 10.6 Å². The smallest absolute Gasteiger partial charge is 0.226 e. The van der Waals surface area contributed by atoms with E-state index in [2.05, 4.69) is 10.6 Å². The van der Waals surface area contributed by atoms with Crippen LogP contribution in [0.2, 0.25) is 15.1 Å². The number of hydrogen-bond acceptors (Lipinski definition) is 2. The summed E-state index contributed by atoms with van der Waals surface area (Å²) in [5.41, 5.74) is 1.47. The number of carbonyl (C=O) groups is 1. The Balaban J connectivity index is 1.81. The molecule has 110 valence electrons. The van der Waals surface area contributed by atoms with Crippen LogP contribution in [0.4, 0.5) is 11.4 Å². The van der Waals surface area contributed by atoms with Crippen molar-refractivity contribution in [2.45, 2.75) is 6.42 Å². The van der Waals surface area contributed by atoms with Gasteiger partial charge in [0.25, 0.3) is 0 Å². The molecule has 0 atom stereocenters. The van der Waals surface area contributed by atoms with Gasteiger partial charge in [0.1, 0.15) is 0 Å². The molecule has 0 saturated carbocycles. The monoisotopic (exact) mass is 342 g/mol. The summed E-state index contributed by atoms with van der Waals surface area (Å²) in [6.07, 6.45) is 0.321. The molecule has 0 radical (unpaired) electrons. The number of carbonyl (C=O) groups excluding carboxylic acids is 1. The van der Waals surface area contributed by atoms with E-state index in [1.165, 1.54) is 0 Å². The van der Waals surface area contributed by atoms with Gasteiger partial charge in [0.05, 0.1) is 10.7 Å². The molecule has 0 aliphatic rings.